The van der Waals surface area contributed by atoms with E-state index in [4.69, 9.17) is 4.42 Å². The first-order chi connectivity index (χ1) is 9.60. The van der Waals surface area contributed by atoms with Crippen molar-refractivity contribution in [1.82, 2.24) is 5.32 Å². The molecule has 0 radical (unpaired) electrons. The highest BCUT2D eigenvalue weighted by molar-refractivity contribution is 9.10. The summed E-state index contributed by atoms with van der Waals surface area (Å²) in [5.41, 5.74) is 5.20. The first-order valence-electron chi connectivity index (χ1n) is 7.13. The molecule has 2 rings (SSSR count). The molecule has 2 nitrogen and oxygen atoms in total. The van der Waals surface area contributed by atoms with Crippen molar-refractivity contribution in [2.24, 2.45) is 0 Å². The van der Waals surface area contributed by atoms with E-state index in [9.17, 15) is 0 Å². The SMILES string of the molecule is CCCNC(Cc1cc(C)cc(C)c1)c1ccoc1Br. The van der Waals surface area contributed by atoms with Crippen LogP contribution in [0.4, 0.5) is 0 Å². The zero-order valence-electron chi connectivity index (χ0n) is 12.4. The Kier molecular flexibility index (Phi) is 5.44. The van der Waals surface area contributed by atoms with Gasteiger partial charge in [0.1, 0.15) is 0 Å². The third kappa shape index (κ3) is 3.97. The molecule has 1 aromatic carbocycles. The molecule has 20 heavy (non-hydrogen) atoms. The minimum Gasteiger partial charge on any atom is -0.457 e. The van der Waals surface area contributed by atoms with E-state index in [-0.39, 0.29) is 6.04 Å². The Morgan fingerprint density at radius 3 is 2.45 bits per heavy atom. The summed E-state index contributed by atoms with van der Waals surface area (Å²) in [6.45, 7) is 7.50. The van der Waals surface area contributed by atoms with Crippen LogP contribution in [0.25, 0.3) is 0 Å². The zero-order valence-corrected chi connectivity index (χ0v) is 14.0. The third-order valence-corrected chi connectivity index (χ3v) is 4.03. The quantitative estimate of drug-likeness (QED) is 0.808. The summed E-state index contributed by atoms with van der Waals surface area (Å²) in [5, 5.41) is 3.61. The maximum absolute atomic E-state index is 5.39. The molecule has 2 aromatic rings. The van der Waals surface area contributed by atoms with Crippen molar-refractivity contribution in [3.63, 3.8) is 0 Å². The van der Waals surface area contributed by atoms with Crippen LogP contribution in [0.3, 0.4) is 0 Å². The average Bonchev–Trinajstić information content (AvgIpc) is 2.79. The van der Waals surface area contributed by atoms with E-state index in [2.05, 4.69) is 60.2 Å². The van der Waals surface area contributed by atoms with Gasteiger partial charge in [0.25, 0.3) is 0 Å². The van der Waals surface area contributed by atoms with Crippen LogP contribution in [0, 0.1) is 13.8 Å². The van der Waals surface area contributed by atoms with Gasteiger partial charge in [-0.25, -0.2) is 0 Å². The fourth-order valence-corrected chi connectivity index (χ4v) is 3.10. The molecule has 0 saturated carbocycles. The second-order valence-electron chi connectivity index (χ2n) is 5.36. The molecular weight excluding hydrogens is 314 g/mol. The number of hydrogen-bond acceptors (Lipinski definition) is 2. The van der Waals surface area contributed by atoms with Crippen molar-refractivity contribution in [1.29, 1.82) is 0 Å². The molecule has 0 bridgehead atoms. The molecule has 0 spiro atoms. The molecule has 1 N–H and O–H groups in total. The number of hydrogen-bond donors (Lipinski definition) is 1. The van der Waals surface area contributed by atoms with Gasteiger partial charge in [-0.2, -0.15) is 0 Å². The van der Waals surface area contributed by atoms with Gasteiger partial charge < -0.3 is 9.73 Å². The highest BCUT2D eigenvalue weighted by Gasteiger charge is 2.16. The number of aryl methyl sites for hydroxylation is 2. The van der Waals surface area contributed by atoms with Gasteiger partial charge in [0.15, 0.2) is 4.67 Å². The van der Waals surface area contributed by atoms with E-state index >= 15 is 0 Å². The van der Waals surface area contributed by atoms with Crippen LogP contribution in [0.2, 0.25) is 0 Å². The average molecular weight is 336 g/mol. The molecule has 1 atom stereocenters. The highest BCUT2D eigenvalue weighted by Crippen LogP contribution is 2.27. The summed E-state index contributed by atoms with van der Waals surface area (Å²) in [4.78, 5) is 0. The molecule has 1 unspecified atom stereocenters. The molecule has 0 aliphatic carbocycles. The second-order valence-corrected chi connectivity index (χ2v) is 6.08. The van der Waals surface area contributed by atoms with Crippen LogP contribution in [0.5, 0.6) is 0 Å². The Bertz CT molecular complexity index is 542. The first kappa shape index (κ1) is 15.3. The summed E-state index contributed by atoms with van der Waals surface area (Å²) < 4.78 is 6.22. The Hall–Kier alpha value is -1.06. The van der Waals surface area contributed by atoms with E-state index in [0.717, 1.165) is 24.1 Å². The monoisotopic (exact) mass is 335 g/mol. The number of nitrogens with one attached hydrogen (secondary N) is 1. The highest BCUT2D eigenvalue weighted by atomic mass is 79.9. The summed E-state index contributed by atoms with van der Waals surface area (Å²) in [7, 11) is 0. The molecule has 0 amide bonds. The Labute approximate surface area is 129 Å². The van der Waals surface area contributed by atoms with Gasteiger partial charge in [-0.15, -0.1) is 0 Å². The lowest BCUT2D eigenvalue weighted by Gasteiger charge is -2.18. The number of rotatable bonds is 6. The van der Waals surface area contributed by atoms with Crippen molar-refractivity contribution in [2.45, 2.75) is 39.7 Å². The largest absolute Gasteiger partial charge is 0.457 e. The summed E-state index contributed by atoms with van der Waals surface area (Å²) >= 11 is 3.49. The summed E-state index contributed by atoms with van der Waals surface area (Å²) in [6, 6.07) is 9.07. The summed E-state index contributed by atoms with van der Waals surface area (Å²) in [5.74, 6) is 0. The van der Waals surface area contributed by atoms with Crippen molar-refractivity contribution >= 4 is 15.9 Å². The van der Waals surface area contributed by atoms with Crippen LogP contribution < -0.4 is 5.32 Å². The number of furan rings is 1. The predicted molar refractivity (Wildman–Crippen MR) is 87.1 cm³/mol. The number of benzene rings is 1. The maximum Gasteiger partial charge on any atom is 0.173 e. The predicted octanol–water partition coefficient (Wildman–Crippen LogP) is 4.94. The van der Waals surface area contributed by atoms with Crippen LogP contribution in [0.1, 0.15) is 41.6 Å². The molecule has 1 aromatic heterocycles. The summed E-state index contributed by atoms with van der Waals surface area (Å²) in [6.07, 6.45) is 3.83. The second kappa shape index (κ2) is 7.09. The van der Waals surface area contributed by atoms with Crippen LogP contribution in [-0.2, 0) is 6.42 Å². The van der Waals surface area contributed by atoms with Crippen molar-refractivity contribution in [3.05, 3.63) is 57.5 Å². The Morgan fingerprint density at radius 1 is 1.20 bits per heavy atom. The van der Waals surface area contributed by atoms with E-state index in [1.807, 2.05) is 6.07 Å². The molecule has 0 aliphatic heterocycles. The van der Waals surface area contributed by atoms with Gasteiger partial charge >= 0.3 is 0 Å². The van der Waals surface area contributed by atoms with E-state index in [0.29, 0.717) is 0 Å². The minimum absolute atomic E-state index is 0.282. The van der Waals surface area contributed by atoms with E-state index in [1.54, 1.807) is 6.26 Å². The van der Waals surface area contributed by atoms with Crippen LogP contribution in [0.15, 0.2) is 39.6 Å². The van der Waals surface area contributed by atoms with E-state index in [1.165, 1.54) is 22.3 Å². The van der Waals surface area contributed by atoms with Gasteiger partial charge in [0.05, 0.1) is 6.26 Å². The lowest BCUT2D eigenvalue weighted by Crippen LogP contribution is -2.24. The Balaban J connectivity index is 2.21. The smallest absolute Gasteiger partial charge is 0.173 e. The molecule has 108 valence electrons. The van der Waals surface area contributed by atoms with Crippen molar-refractivity contribution in [3.8, 4) is 0 Å². The molecule has 0 saturated heterocycles. The van der Waals surface area contributed by atoms with Gasteiger partial charge in [-0.3, -0.25) is 0 Å². The normalized spacial score (nSPS) is 12.6. The lowest BCUT2D eigenvalue weighted by molar-refractivity contribution is 0.498. The fraction of sp³-hybridized carbons (Fsp3) is 0.412. The molecular formula is C17H22BrNO. The van der Waals surface area contributed by atoms with Gasteiger partial charge in [-0.05, 0) is 60.8 Å². The molecule has 0 aliphatic rings. The van der Waals surface area contributed by atoms with Gasteiger partial charge in [-0.1, -0.05) is 36.2 Å². The Morgan fingerprint density at radius 2 is 1.90 bits per heavy atom. The first-order valence-corrected chi connectivity index (χ1v) is 7.93. The van der Waals surface area contributed by atoms with Gasteiger partial charge in [0, 0.05) is 11.6 Å². The van der Waals surface area contributed by atoms with Crippen LogP contribution in [-0.4, -0.2) is 6.54 Å². The molecule has 1 heterocycles. The number of halogens is 1. The van der Waals surface area contributed by atoms with Crippen molar-refractivity contribution in [2.75, 3.05) is 6.54 Å². The topological polar surface area (TPSA) is 25.2 Å². The fourth-order valence-electron chi connectivity index (χ4n) is 2.59. The standard InChI is InChI=1S/C17H22BrNO/c1-4-6-19-16(15-5-7-20-17(15)18)11-14-9-12(2)8-13(3)10-14/h5,7-10,16,19H,4,6,11H2,1-3H3. The van der Waals surface area contributed by atoms with Crippen molar-refractivity contribution < 1.29 is 4.42 Å². The van der Waals surface area contributed by atoms with E-state index < -0.39 is 0 Å². The molecule has 0 fully saturated rings. The minimum atomic E-state index is 0.282. The van der Waals surface area contributed by atoms with Gasteiger partial charge in [0.2, 0.25) is 0 Å². The zero-order chi connectivity index (χ0) is 14.5. The lowest BCUT2D eigenvalue weighted by atomic mass is 9.98. The maximum atomic E-state index is 5.39. The van der Waals surface area contributed by atoms with Crippen LogP contribution >= 0.6 is 15.9 Å². The molecule has 3 heteroatoms. The third-order valence-electron chi connectivity index (χ3n) is 3.38.